The molecule has 0 fully saturated rings. The highest BCUT2D eigenvalue weighted by Gasteiger charge is 2.15. The van der Waals surface area contributed by atoms with E-state index < -0.39 is 12.0 Å². The van der Waals surface area contributed by atoms with Crippen molar-refractivity contribution in [3.63, 3.8) is 0 Å². The molecule has 0 aromatic heterocycles. The van der Waals surface area contributed by atoms with Gasteiger partial charge in [0.1, 0.15) is 11.8 Å². The molecule has 3 N–H and O–H groups in total. The smallest absolute Gasteiger partial charge is 0.322 e. The maximum absolute atomic E-state index is 11.4. The third-order valence-electron chi connectivity index (χ3n) is 3.18. The second kappa shape index (κ2) is 6.61. The fourth-order valence-corrected chi connectivity index (χ4v) is 2.19. The number of nitrogens with two attached hydrogens (primary N) is 1. The number of phenolic OH excluding ortho intramolecular Hbond substituents is 1. The van der Waals surface area contributed by atoms with Crippen LogP contribution in [0.2, 0.25) is 5.02 Å². The lowest BCUT2D eigenvalue weighted by atomic mass is 9.99. The summed E-state index contributed by atoms with van der Waals surface area (Å²) in [5.74, 6) is -0.302. The molecule has 1 unspecified atom stereocenters. The molecule has 2 aromatic carbocycles. The lowest BCUT2D eigenvalue weighted by Crippen LogP contribution is -2.33. The Morgan fingerprint density at radius 1 is 1.29 bits per heavy atom. The van der Waals surface area contributed by atoms with Crippen LogP contribution in [0.4, 0.5) is 0 Å². The number of halogens is 1. The molecule has 0 amide bonds. The number of ether oxygens (including phenoxy) is 1. The van der Waals surface area contributed by atoms with E-state index in [-0.39, 0.29) is 5.75 Å². The topological polar surface area (TPSA) is 72.5 Å². The molecule has 2 rings (SSSR count). The standard InChI is InChI=1S/C16H16ClNO3/c1-21-16(20)14(18)9-10-2-7-15(19)13(8-10)11-3-5-12(17)6-4-11/h2-8,14,19H,9,18H2,1H3. The molecule has 0 saturated carbocycles. The summed E-state index contributed by atoms with van der Waals surface area (Å²) < 4.78 is 4.61. The van der Waals surface area contributed by atoms with E-state index in [2.05, 4.69) is 4.74 Å². The van der Waals surface area contributed by atoms with Gasteiger partial charge in [-0.05, 0) is 41.8 Å². The van der Waals surface area contributed by atoms with Gasteiger partial charge in [0.05, 0.1) is 7.11 Å². The largest absolute Gasteiger partial charge is 0.507 e. The van der Waals surface area contributed by atoms with E-state index in [4.69, 9.17) is 17.3 Å². The van der Waals surface area contributed by atoms with Gasteiger partial charge in [0.2, 0.25) is 0 Å². The molecule has 0 spiro atoms. The summed E-state index contributed by atoms with van der Waals surface area (Å²) in [6.07, 6.45) is 0.341. The van der Waals surface area contributed by atoms with Gasteiger partial charge in [-0.2, -0.15) is 0 Å². The van der Waals surface area contributed by atoms with Crippen LogP contribution in [0, 0.1) is 0 Å². The van der Waals surface area contributed by atoms with Crippen molar-refractivity contribution in [1.29, 1.82) is 0 Å². The normalized spacial score (nSPS) is 12.0. The van der Waals surface area contributed by atoms with Gasteiger partial charge in [-0.3, -0.25) is 4.79 Å². The first kappa shape index (κ1) is 15.4. The monoisotopic (exact) mass is 305 g/mol. The number of hydrogen-bond donors (Lipinski definition) is 2. The summed E-state index contributed by atoms with van der Waals surface area (Å²) in [6, 6.07) is 11.6. The minimum atomic E-state index is -0.724. The highest BCUT2D eigenvalue weighted by molar-refractivity contribution is 6.30. The van der Waals surface area contributed by atoms with Gasteiger partial charge in [0.15, 0.2) is 0 Å². The van der Waals surface area contributed by atoms with Crippen molar-refractivity contribution >= 4 is 17.6 Å². The number of methoxy groups -OCH3 is 1. The third-order valence-corrected chi connectivity index (χ3v) is 3.43. The van der Waals surface area contributed by atoms with Gasteiger partial charge in [-0.1, -0.05) is 29.8 Å². The molecule has 0 saturated heterocycles. The molecule has 2 aromatic rings. The van der Waals surface area contributed by atoms with E-state index in [0.717, 1.165) is 11.1 Å². The molecule has 1 atom stereocenters. The van der Waals surface area contributed by atoms with Crippen molar-refractivity contribution in [3.8, 4) is 16.9 Å². The van der Waals surface area contributed by atoms with Crippen LogP contribution in [0.5, 0.6) is 5.75 Å². The van der Waals surface area contributed by atoms with Crippen LogP contribution in [0.15, 0.2) is 42.5 Å². The Morgan fingerprint density at radius 3 is 2.57 bits per heavy atom. The first-order valence-electron chi connectivity index (χ1n) is 6.42. The summed E-state index contributed by atoms with van der Waals surface area (Å²) >= 11 is 5.86. The molecule has 0 bridgehead atoms. The SMILES string of the molecule is COC(=O)C(N)Cc1ccc(O)c(-c2ccc(Cl)cc2)c1. The number of aromatic hydroxyl groups is 1. The predicted octanol–water partition coefficient (Wildman–Crippen LogP) is 2.76. The minimum Gasteiger partial charge on any atom is -0.507 e. The Kier molecular flexibility index (Phi) is 4.83. The van der Waals surface area contributed by atoms with Crippen LogP contribution in [0.1, 0.15) is 5.56 Å². The van der Waals surface area contributed by atoms with Gasteiger partial charge in [0, 0.05) is 10.6 Å². The lowest BCUT2D eigenvalue weighted by molar-refractivity contribution is -0.142. The Bertz CT molecular complexity index is 640. The molecule has 4 nitrogen and oxygen atoms in total. The Labute approximate surface area is 128 Å². The third kappa shape index (κ3) is 3.74. The van der Waals surface area contributed by atoms with Crippen LogP contribution in [0.3, 0.4) is 0 Å². The maximum Gasteiger partial charge on any atom is 0.322 e. The van der Waals surface area contributed by atoms with Gasteiger partial charge >= 0.3 is 5.97 Å². The van der Waals surface area contributed by atoms with Crippen molar-refractivity contribution in [1.82, 2.24) is 0 Å². The van der Waals surface area contributed by atoms with Crippen molar-refractivity contribution in [2.45, 2.75) is 12.5 Å². The van der Waals surface area contributed by atoms with Crippen molar-refractivity contribution in [2.75, 3.05) is 7.11 Å². The fourth-order valence-electron chi connectivity index (χ4n) is 2.06. The Balaban J connectivity index is 2.29. The number of rotatable bonds is 4. The molecule has 0 aliphatic carbocycles. The van der Waals surface area contributed by atoms with E-state index in [0.29, 0.717) is 17.0 Å². The predicted molar refractivity (Wildman–Crippen MR) is 82.2 cm³/mol. The first-order chi connectivity index (χ1) is 10.0. The lowest BCUT2D eigenvalue weighted by Gasteiger charge is -2.12. The number of carbonyl (C=O) groups is 1. The van der Waals surface area contributed by atoms with E-state index in [1.807, 2.05) is 12.1 Å². The number of carbonyl (C=O) groups excluding carboxylic acids is 1. The van der Waals surface area contributed by atoms with E-state index in [9.17, 15) is 9.90 Å². The van der Waals surface area contributed by atoms with Gasteiger partial charge in [0.25, 0.3) is 0 Å². The van der Waals surface area contributed by atoms with Crippen LogP contribution >= 0.6 is 11.6 Å². The molecule has 110 valence electrons. The van der Waals surface area contributed by atoms with Gasteiger partial charge in [-0.15, -0.1) is 0 Å². The van der Waals surface area contributed by atoms with Crippen LogP contribution in [-0.4, -0.2) is 24.2 Å². The average molecular weight is 306 g/mol. The van der Waals surface area contributed by atoms with E-state index >= 15 is 0 Å². The molecule has 0 heterocycles. The second-order valence-electron chi connectivity index (χ2n) is 4.69. The Hall–Kier alpha value is -2.04. The minimum absolute atomic E-state index is 0.160. The molecule has 0 radical (unpaired) electrons. The summed E-state index contributed by atoms with van der Waals surface area (Å²) in [6.45, 7) is 0. The summed E-state index contributed by atoms with van der Waals surface area (Å²) in [7, 11) is 1.30. The second-order valence-corrected chi connectivity index (χ2v) is 5.13. The molecule has 0 aliphatic rings. The zero-order valence-corrected chi connectivity index (χ0v) is 12.3. The van der Waals surface area contributed by atoms with E-state index in [1.54, 1.807) is 30.3 Å². The fraction of sp³-hybridized carbons (Fsp3) is 0.188. The van der Waals surface area contributed by atoms with Crippen LogP contribution < -0.4 is 5.73 Å². The van der Waals surface area contributed by atoms with Crippen molar-refractivity contribution < 1.29 is 14.6 Å². The quantitative estimate of drug-likeness (QED) is 0.852. The number of hydrogen-bond acceptors (Lipinski definition) is 4. The zero-order chi connectivity index (χ0) is 15.4. The highest BCUT2D eigenvalue weighted by Crippen LogP contribution is 2.31. The number of phenols is 1. The molecular formula is C16H16ClNO3. The van der Waals surface area contributed by atoms with E-state index in [1.165, 1.54) is 7.11 Å². The molecule has 0 aliphatic heterocycles. The first-order valence-corrected chi connectivity index (χ1v) is 6.80. The van der Waals surface area contributed by atoms with Gasteiger partial charge < -0.3 is 15.6 Å². The molecule has 5 heteroatoms. The van der Waals surface area contributed by atoms with Crippen molar-refractivity contribution in [2.24, 2.45) is 5.73 Å². The van der Waals surface area contributed by atoms with Crippen LogP contribution in [0.25, 0.3) is 11.1 Å². The number of benzene rings is 2. The maximum atomic E-state index is 11.4. The van der Waals surface area contributed by atoms with Gasteiger partial charge in [-0.25, -0.2) is 0 Å². The Morgan fingerprint density at radius 2 is 1.95 bits per heavy atom. The summed E-state index contributed by atoms with van der Waals surface area (Å²) in [5, 5.41) is 10.6. The van der Waals surface area contributed by atoms with Crippen LogP contribution in [-0.2, 0) is 16.0 Å². The highest BCUT2D eigenvalue weighted by atomic mass is 35.5. The summed E-state index contributed by atoms with van der Waals surface area (Å²) in [4.78, 5) is 11.4. The summed E-state index contributed by atoms with van der Waals surface area (Å²) in [5.41, 5.74) is 8.10. The number of esters is 1. The molecular weight excluding hydrogens is 290 g/mol. The van der Waals surface area contributed by atoms with Crippen molar-refractivity contribution in [3.05, 3.63) is 53.1 Å². The molecule has 21 heavy (non-hydrogen) atoms. The average Bonchev–Trinajstić information content (AvgIpc) is 2.49. The zero-order valence-electron chi connectivity index (χ0n) is 11.5.